The summed E-state index contributed by atoms with van der Waals surface area (Å²) >= 11 is 0. The van der Waals surface area contributed by atoms with Crippen molar-refractivity contribution in [2.45, 2.75) is 32.7 Å². The quantitative estimate of drug-likeness (QED) is 0.924. The molecule has 1 atom stereocenters. The highest BCUT2D eigenvalue weighted by Gasteiger charge is 2.24. The predicted octanol–water partition coefficient (Wildman–Crippen LogP) is 1.40. The van der Waals surface area contributed by atoms with Crippen molar-refractivity contribution >= 4 is 5.91 Å². The molecule has 112 valence electrons. The summed E-state index contributed by atoms with van der Waals surface area (Å²) in [5.74, 6) is 0.676. The number of likely N-dealkylation sites (tertiary alicyclic amines) is 1. The fraction of sp³-hybridized carbons (Fsp3) is 0.533. The summed E-state index contributed by atoms with van der Waals surface area (Å²) < 4.78 is 1.72. The molecule has 0 radical (unpaired) electrons. The molecule has 1 N–H and O–H groups in total. The van der Waals surface area contributed by atoms with Crippen LogP contribution in [-0.4, -0.2) is 43.9 Å². The Morgan fingerprint density at radius 3 is 3.14 bits per heavy atom. The molecule has 0 unspecified atom stereocenters. The Bertz CT molecular complexity index is 589. The van der Waals surface area contributed by atoms with Crippen molar-refractivity contribution in [1.29, 1.82) is 0 Å². The Balaban J connectivity index is 1.56. The molecule has 1 aliphatic heterocycles. The van der Waals surface area contributed by atoms with Crippen LogP contribution in [-0.2, 0) is 17.8 Å². The minimum atomic E-state index is 0.160. The molecule has 1 aliphatic rings. The van der Waals surface area contributed by atoms with Gasteiger partial charge in [-0.2, -0.15) is 10.2 Å². The first-order valence-electron chi connectivity index (χ1n) is 7.46. The van der Waals surface area contributed by atoms with E-state index >= 15 is 0 Å². The van der Waals surface area contributed by atoms with Crippen molar-refractivity contribution in [3.63, 3.8) is 0 Å². The molecule has 0 saturated carbocycles. The van der Waals surface area contributed by atoms with Crippen LogP contribution in [0.15, 0.2) is 24.7 Å². The fourth-order valence-electron chi connectivity index (χ4n) is 2.96. The average molecular weight is 287 g/mol. The third-order valence-electron chi connectivity index (χ3n) is 4.00. The van der Waals surface area contributed by atoms with Crippen molar-refractivity contribution < 1.29 is 4.79 Å². The standard InChI is InChI=1S/C15H21N5O/c1-12-8-17-20(9-12)11-15(21)19-6-2-3-13(10-19)7-14-4-5-16-18-14/h4-5,8-9,13H,2-3,6-7,10-11H2,1H3,(H,16,18)/t13-/m1/s1. The smallest absolute Gasteiger partial charge is 0.244 e. The van der Waals surface area contributed by atoms with E-state index in [1.165, 1.54) is 6.42 Å². The number of amides is 1. The second-order valence-corrected chi connectivity index (χ2v) is 5.85. The van der Waals surface area contributed by atoms with Crippen molar-refractivity contribution in [1.82, 2.24) is 24.9 Å². The number of piperidine rings is 1. The zero-order valence-corrected chi connectivity index (χ0v) is 12.3. The normalized spacial score (nSPS) is 18.9. The molecule has 2 aromatic heterocycles. The van der Waals surface area contributed by atoms with Gasteiger partial charge in [-0.05, 0) is 43.7 Å². The van der Waals surface area contributed by atoms with Gasteiger partial charge in [0.05, 0.1) is 6.20 Å². The van der Waals surface area contributed by atoms with E-state index in [1.807, 2.05) is 24.1 Å². The van der Waals surface area contributed by atoms with Crippen LogP contribution in [0.2, 0.25) is 0 Å². The maximum absolute atomic E-state index is 12.4. The van der Waals surface area contributed by atoms with E-state index in [2.05, 4.69) is 15.3 Å². The molecule has 3 heterocycles. The summed E-state index contributed by atoms with van der Waals surface area (Å²) in [5.41, 5.74) is 2.23. The highest BCUT2D eigenvalue weighted by Crippen LogP contribution is 2.20. The van der Waals surface area contributed by atoms with Gasteiger partial charge in [0.15, 0.2) is 0 Å². The first-order valence-corrected chi connectivity index (χ1v) is 7.46. The molecule has 1 amide bonds. The van der Waals surface area contributed by atoms with Gasteiger partial charge in [0.2, 0.25) is 5.91 Å². The van der Waals surface area contributed by atoms with Gasteiger partial charge < -0.3 is 4.90 Å². The van der Waals surface area contributed by atoms with E-state index in [0.29, 0.717) is 12.5 Å². The molecule has 2 aromatic rings. The number of carbonyl (C=O) groups is 1. The van der Waals surface area contributed by atoms with E-state index < -0.39 is 0 Å². The number of aromatic nitrogens is 4. The Morgan fingerprint density at radius 1 is 1.52 bits per heavy atom. The maximum atomic E-state index is 12.4. The van der Waals surface area contributed by atoms with Crippen molar-refractivity contribution in [3.8, 4) is 0 Å². The van der Waals surface area contributed by atoms with Gasteiger partial charge in [-0.25, -0.2) is 0 Å². The fourth-order valence-corrected chi connectivity index (χ4v) is 2.96. The number of aryl methyl sites for hydroxylation is 1. The Hall–Kier alpha value is -2.11. The van der Waals surface area contributed by atoms with E-state index in [1.54, 1.807) is 17.1 Å². The molecule has 21 heavy (non-hydrogen) atoms. The monoisotopic (exact) mass is 287 g/mol. The molecule has 1 saturated heterocycles. The molecule has 6 heteroatoms. The van der Waals surface area contributed by atoms with Gasteiger partial charge in [0, 0.05) is 31.2 Å². The van der Waals surface area contributed by atoms with Gasteiger partial charge >= 0.3 is 0 Å². The predicted molar refractivity (Wildman–Crippen MR) is 78.6 cm³/mol. The molecule has 0 spiro atoms. The molecular weight excluding hydrogens is 266 g/mol. The number of aromatic amines is 1. The second kappa shape index (κ2) is 6.11. The number of hydrogen-bond acceptors (Lipinski definition) is 3. The zero-order valence-electron chi connectivity index (χ0n) is 12.3. The van der Waals surface area contributed by atoms with Crippen LogP contribution in [0.1, 0.15) is 24.1 Å². The SMILES string of the molecule is Cc1cnn(CC(=O)N2CCC[C@H](Cc3ccn[nH]3)C2)c1. The number of nitrogens with zero attached hydrogens (tertiary/aromatic N) is 4. The number of nitrogens with one attached hydrogen (secondary N) is 1. The molecule has 0 aliphatic carbocycles. The minimum absolute atomic E-state index is 0.160. The van der Waals surface area contributed by atoms with E-state index in [-0.39, 0.29) is 5.91 Å². The lowest BCUT2D eigenvalue weighted by molar-refractivity contribution is -0.133. The molecule has 0 aromatic carbocycles. The lowest BCUT2D eigenvalue weighted by Gasteiger charge is -2.32. The third kappa shape index (κ3) is 3.51. The maximum Gasteiger partial charge on any atom is 0.244 e. The van der Waals surface area contributed by atoms with Gasteiger partial charge in [0.1, 0.15) is 6.54 Å². The highest BCUT2D eigenvalue weighted by molar-refractivity contribution is 5.76. The average Bonchev–Trinajstić information content (AvgIpc) is 3.11. The van der Waals surface area contributed by atoms with E-state index in [9.17, 15) is 4.79 Å². The highest BCUT2D eigenvalue weighted by atomic mass is 16.2. The Morgan fingerprint density at radius 2 is 2.43 bits per heavy atom. The minimum Gasteiger partial charge on any atom is -0.341 e. The number of H-pyrrole nitrogens is 1. The Labute approximate surface area is 124 Å². The van der Waals surface area contributed by atoms with Crippen LogP contribution in [0.3, 0.4) is 0 Å². The van der Waals surface area contributed by atoms with E-state index in [0.717, 1.165) is 37.2 Å². The molecule has 6 nitrogen and oxygen atoms in total. The van der Waals surface area contributed by atoms with Crippen molar-refractivity contribution in [2.75, 3.05) is 13.1 Å². The van der Waals surface area contributed by atoms with Gasteiger partial charge in [-0.15, -0.1) is 0 Å². The van der Waals surface area contributed by atoms with Gasteiger partial charge in [0.25, 0.3) is 0 Å². The topological polar surface area (TPSA) is 66.8 Å². The zero-order chi connectivity index (χ0) is 14.7. The van der Waals surface area contributed by atoms with Gasteiger partial charge in [-0.3, -0.25) is 14.6 Å². The van der Waals surface area contributed by atoms with Crippen LogP contribution in [0, 0.1) is 12.8 Å². The number of hydrogen-bond donors (Lipinski definition) is 1. The van der Waals surface area contributed by atoms with Crippen LogP contribution in [0.5, 0.6) is 0 Å². The number of rotatable bonds is 4. The summed E-state index contributed by atoms with van der Waals surface area (Å²) in [5, 5.41) is 11.2. The summed E-state index contributed by atoms with van der Waals surface area (Å²) in [6.07, 6.45) is 8.67. The molecule has 3 rings (SSSR count). The van der Waals surface area contributed by atoms with Gasteiger partial charge in [-0.1, -0.05) is 0 Å². The first-order chi connectivity index (χ1) is 10.2. The molecular formula is C15H21N5O. The van der Waals surface area contributed by atoms with Crippen LogP contribution < -0.4 is 0 Å². The van der Waals surface area contributed by atoms with Crippen molar-refractivity contribution in [3.05, 3.63) is 35.9 Å². The lowest BCUT2D eigenvalue weighted by atomic mass is 9.93. The second-order valence-electron chi connectivity index (χ2n) is 5.85. The van der Waals surface area contributed by atoms with Crippen LogP contribution in [0.25, 0.3) is 0 Å². The summed E-state index contributed by atoms with van der Waals surface area (Å²) in [7, 11) is 0. The van der Waals surface area contributed by atoms with Crippen LogP contribution in [0.4, 0.5) is 0 Å². The summed E-state index contributed by atoms with van der Waals surface area (Å²) in [4.78, 5) is 14.3. The molecule has 1 fully saturated rings. The van der Waals surface area contributed by atoms with Crippen LogP contribution >= 0.6 is 0 Å². The summed E-state index contributed by atoms with van der Waals surface area (Å²) in [6, 6.07) is 2.01. The molecule has 0 bridgehead atoms. The lowest BCUT2D eigenvalue weighted by Crippen LogP contribution is -2.42. The third-order valence-corrected chi connectivity index (χ3v) is 4.00. The largest absolute Gasteiger partial charge is 0.341 e. The van der Waals surface area contributed by atoms with Crippen molar-refractivity contribution in [2.24, 2.45) is 5.92 Å². The first kappa shape index (κ1) is 13.9. The number of carbonyl (C=O) groups excluding carboxylic acids is 1. The summed E-state index contributed by atoms with van der Waals surface area (Å²) in [6.45, 7) is 4.01. The van der Waals surface area contributed by atoms with E-state index in [4.69, 9.17) is 0 Å². The Kier molecular flexibility index (Phi) is 4.03.